The van der Waals surface area contributed by atoms with Gasteiger partial charge < -0.3 is 19.8 Å². The van der Waals surface area contributed by atoms with E-state index in [0.29, 0.717) is 30.3 Å². The van der Waals surface area contributed by atoms with Gasteiger partial charge in [0.25, 0.3) is 5.91 Å². The second kappa shape index (κ2) is 5.31. The van der Waals surface area contributed by atoms with Gasteiger partial charge in [0.05, 0.1) is 19.2 Å². The molecule has 4 rings (SSSR count). The SMILES string of the molecule is COc1ccc2c(-c3ccc4c(c3)OCCNC4=O)c[nH]c2n1. The molecule has 6 nitrogen and oxygen atoms in total. The van der Waals surface area contributed by atoms with Crippen LogP contribution in [0.5, 0.6) is 11.6 Å². The van der Waals surface area contributed by atoms with Gasteiger partial charge in [-0.05, 0) is 23.8 Å². The number of ether oxygens (including phenoxy) is 2. The summed E-state index contributed by atoms with van der Waals surface area (Å²) in [7, 11) is 1.59. The lowest BCUT2D eigenvalue weighted by atomic mass is 10.0. The zero-order chi connectivity index (χ0) is 15.8. The summed E-state index contributed by atoms with van der Waals surface area (Å²) in [6.45, 7) is 0.981. The van der Waals surface area contributed by atoms with Crippen LogP contribution in [0.3, 0.4) is 0 Å². The number of nitrogens with one attached hydrogen (secondary N) is 2. The Morgan fingerprint density at radius 1 is 1.22 bits per heavy atom. The summed E-state index contributed by atoms with van der Waals surface area (Å²) in [6, 6.07) is 9.40. The van der Waals surface area contributed by atoms with Crippen LogP contribution in [0.1, 0.15) is 10.4 Å². The fraction of sp³-hybridized carbons (Fsp3) is 0.176. The van der Waals surface area contributed by atoms with Crippen molar-refractivity contribution in [2.45, 2.75) is 0 Å². The molecule has 2 N–H and O–H groups in total. The van der Waals surface area contributed by atoms with E-state index in [2.05, 4.69) is 15.3 Å². The molecule has 1 amide bonds. The number of aromatic nitrogens is 2. The van der Waals surface area contributed by atoms with Gasteiger partial charge in [0.1, 0.15) is 18.0 Å². The van der Waals surface area contributed by atoms with E-state index in [4.69, 9.17) is 9.47 Å². The van der Waals surface area contributed by atoms with Crippen LogP contribution in [-0.4, -0.2) is 36.1 Å². The van der Waals surface area contributed by atoms with E-state index < -0.39 is 0 Å². The van der Waals surface area contributed by atoms with Crippen LogP contribution in [-0.2, 0) is 0 Å². The van der Waals surface area contributed by atoms with E-state index in [-0.39, 0.29) is 5.91 Å². The number of hydrogen-bond acceptors (Lipinski definition) is 4. The molecule has 116 valence electrons. The van der Waals surface area contributed by atoms with Crippen LogP contribution in [0, 0.1) is 0 Å². The average Bonchev–Trinajstić information content (AvgIpc) is 2.92. The molecule has 0 atom stereocenters. The molecule has 0 saturated carbocycles. The first-order chi connectivity index (χ1) is 11.3. The van der Waals surface area contributed by atoms with Gasteiger partial charge in [-0.1, -0.05) is 6.07 Å². The smallest absolute Gasteiger partial charge is 0.255 e. The van der Waals surface area contributed by atoms with Gasteiger partial charge >= 0.3 is 0 Å². The lowest BCUT2D eigenvalue weighted by molar-refractivity contribution is 0.0957. The van der Waals surface area contributed by atoms with Crippen LogP contribution >= 0.6 is 0 Å². The number of hydrogen-bond donors (Lipinski definition) is 2. The Kier molecular flexibility index (Phi) is 3.15. The van der Waals surface area contributed by atoms with Crippen molar-refractivity contribution in [2.75, 3.05) is 20.3 Å². The summed E-state index contributed by atoms with van der Waals surface area (Å²) >= 11 is 0. The predicted molar refractivity (Wildman–Crippen MR) is 85.9 cm³/mol. The fourth-order valence-electron chi connectivity index (χ4n) is 2.76. The lowest BCUT2D eigenvalue weighted by Crippen LogP contribution is -2.24. The molecule has 1 aliphatic heterocycles. The molecule has 0 spiro atoms. The number of amides is 1. The summed E-state index contributed by atoms with van der Waals surface area (Å²) in [4.78, 5) is 19.5. The van der Waals surface area contributed by atoms with Crippen molar-refractivity contribution >= 4 is 16.9 Å². The third-order valence-electron chi connectivity index (χ3n) is 3.90. The molecule has 1 aromatic carbocycles. The molecule has 1 aliphatic rings. The van der Waals surface area contributed by atoms with E-state index in [0.717, 1.165) is 22.2 Å². The first-order valence-corrected chi connectivity index (χ1v) is 7.34. The minimum absolute atomic E-state index is 0.102. The molecular formula is C17H15N3O3. The molecule has 0 fully saturated rings. The van der Waals surface area contributed by atoms with Crippen LogP contribution in [0.2, 0.25) is 0 Å². The lowest BCUT2D eigenvalue weighted by Gasteiger charge is -2.08. The van der Waals surface area contributed by atoms with Crippen molar-refractivity contribution in [3.05, 3.63) is 42.1 Å². The third-order valence-corrected chi connectivity index (χ3v) is 3.90. The summed E-state index contributed by atoms with van der Waals surface area (Å²) < 4.78 is 10.8. The van der Waals surface area contributed by atoms with Gasteiger partial charge in [0.2, 0.25) is 5.88 Å². The van der Waals surface area contributed by atoms with Crippen molar-refractivity contribution < 1.29 is 14.3 Å². The summed E-state index contributed by atoms with van der Waals surface area (Å²) in [5.74, 6) is 1.07. The molecule has 0 saturated heterocycles. The number of methoxy groups -OCH3 is 1. The number of nitrogens with zero attached hydrogens (tertiary/aromatic N) is 1. The Labute approximate surface area is 132 Å². The van der Waals surface area contributed by atoms with E-state index in [1.165, 1.54) is 0 Å². The number of carbonyl (C=O) groups is 1. The zero-order valence-corrected chi connectivity index (χ0v) is 12.6. The number of H-pyrrole nitrogens is 1. The summed E-state index contributed by atoms with van der Waals surface area (Å²) in [5, 5.41) is 3.79. The maximum atomic E-state index is 12.0. The van der Waals surface area contributed by atoms with Crippen molar-refractivity contribution in [3.63, 3.8) is 0 Å². The topological polar surface area (TPSA) is 76.2 Å². The highest BCUT2D eigenvalue weighted by Gasteiger charge is 2.18. The Morgan fingerprint density at radius 3 is 3.00 bits per heavy atom. The second-order valence-corrected chi connectivity index (χ2v) is 5.27. The highest BCUT2D eigenvalue weighted by Crippen LogP contribution is 2.33. The largest absolute Gasteiger partial charge is 0.491 e. The fourth-order valence-corrected chi connectivity index (χ4v) is 2.76. The van der Waals surface area contributed by atoms with Crippen LogP contribution in [0.4, 0.5) is 0 Å². The van der Waals surface area contributed by atoms with E-state index in [1.807, 2.05) is 30.5 Å². The van der Waals surface area contributed by atoms with E-state index in [1.54, 1.807) is 13.2 Å². The number of pyridine rings is 1. The Hall–Kier alpha value is -3.02. The van der Waals surface area contributed by atoms with Crippen LogP contribution < -0.4 is 14.8 Å². The monoisotopic (exact) mass is 309 g/mol. The predicted octanol–water partition coefficient (Wildman–Crippen LogP) is 2.36. The number of carbonyl (C=O) groups excluding carboxylic acids is 1. The quantitative estimate of drug-likeness (QED) is 0.762. The number of benzene rings is 1. The zero-order valence-electron chi connectivity index (χ0n) is 12.6. The van der Waals surface area contributed by atoms with Crippen molar-refractivity contribution in [3.8, 4) is 22.8 Å². The van der Waals surface area contributed by atoms with Crippen molar-refractivity contribution in [1.29, 1.82) is 0 Å². The maximum Gasteiger partial charge on any atom is 0.255 e. The summed E-state index contributed by atoms with van der Waals surface area (Å²) in [5.41, 5.74) is 3.29. The number of rotatable bonds is 2. The molecule has 3 heterocycles. The van der Waals surface area contributed by atoms with E-state index >= 15 is 0 Å². The van der Waals surface area contributed by atoms with Gasteiger partial charge in [0, 0.05) is 23.2 Å². The molecule has 0 aliphatic carbocycles. The number of fused-ring (bicyclic) bond motifs is 2. The van der Waals surface area contributed by atoms with E-state index in [9.17, 15) is 4.79 Å². The van der Waals surface area contributed by atoms with Crippen molar-refractivity contribution in [2.24, 2.45) is 0 Å². The molecule has 0 radical (unpaired) electrons. The summed E-state index contributed by atoms with van der Waals surface area (Å²) in [6.07, 6.45) is 1.90. The molecule has 0 bridgehead atoms. The molecule has 23 heavy (non-hydrogen) atoms. The first kappa shape index (κ1) is 13.6. The van der Waals surface area contributed by atoms with Gasteiger partial charge in [0.15, 0.2) is 0 Å². The third kappa shape index (κ3) is 2.28. The normalized spacial score (nSPS) is 13.9. The highest BCUT2D eigenvalue weighted by atomic mass is 16.5. The Balaban J connectivity index is 1.82. The van der Waals surface area contributed by atoms with Crippen LogP contribution in [0.15, 0.2) is 36.5 Å². The first-order valence-electron chi connectivity index (χ1n) is 7.34. The maximum absolute atomic E-state index is 12.0. The number of aromatic amines is 1. The molecular weight excluding hydrogens is 294 g/mol. The molecule has 3 aromatic rings. The second-order valence-electron chi connectivity index (χ2n) is 5.27. The standard InChI is InChI=1S/C17H15N3O3/c1-22-15-5-4-11-13(9-19-16(11)20-15)10-2-3-12-14(8-10)23-7-6-18-17(12)21/h2-5,8-9H,6-7H2,1H3,(H,18,21)(H,19,20). The molecule has 2 aromatic heterocycles. The van der Waals surface area contributed by atoms with Crippen molar-refractivity contribution in [1.82, 2.24) is 15.3 Å². The Bertz CT molecular complexity index is 901. The Morgan fingerprint density at radius 2 is 2.13 bits per heavy atom. The van der Waals surface area contributed by atoms with Gasteiger partial charge in [-0.3, -0.25) is 4.79 Å². The molecule has 0 unspecified atom stereocenters. The minimum Gasteiger partial charge on any atom is -0.491 e. The average molecular weight is 309 g/mol. The molecule has 6 heteroatoms. The van der Waals surface area contributed by atoms with Gasteiger partial charge in [-0.15, -0.1) is 0 Å². The van der Waals surface area contributed by atoms with Gasteiger partial charge in [-0.2, -0.15) is 4.98 Å². The minimum atomic E-state index is -0.102. The highest BCUT2D eigenvalue weighted by molar-refractivity contribution is 5.99. The van der Waals surface area contributed by atoms with Gasteiger partial charge in [-0.25, -0.2) is 0 Å². The van der Waals surface area contributed by atoms with Crippen LogP contribution in [0.25, 0.3) is 22.2 Å².